The molecule has 29 heavy (non-hydrogen) atoms. The van der Waals surface area contributed by atoms with Crippen molar-refractivity contribution in [1.29, 1.82) is 0 Å². The third-order valence-electron chi connectivity index (χ3n) is 4.86. The number of benzene rings is 2. The lowest BCUT2D eigenvalue weighted by Gasteiger charge is -2.29. The normalized spacial score (nSPS) is 13.1. The van der Waals surface area contributed by atoms with Gasteiger partial charge in [-0.15, -0.1) is 0 Å². The van der Waals surface area contributed by atoms with Crippen LogP contribution in [0.5, 0.6) is 11.5 Å². The summed E-state index contributed by atoms with van der Waals surface area (Å²) in [6, 6.07) is 11.6. The molecule has 0 fully saturated rings. The monoisotopic (exact) mass is 395 g/mol. The van der Waals surface area contributed by atoms with E-state index in [4.69, 9.17) is 14.2 Å². The number of hydrogen-bond acceptors (Lipinski definition) is 5. The summed E-state index contributed by atoms with van der Waals surface area (Å²) >= 11 is 0. The third kappa shape index (κ3) is 5.16. The highest BCUT2D eigenvalue weighted by molar-refractivity contribution is 5.89. The Balaban J connectivity index is 1.56. The molecule has 2 aromatic rings. The number of carbonyl (C=O) groups excluding carboxylic acids is 2. The van der Waals surface area contributed by atoms with Crippen molar-refractivity contribution in [1.82, 2.24) is 4.90 Å². The van der Waals surface area contributed by atoms with E-state index in [1.807, 2.05) is 43.3 Å². The molecule has 0 bridgehead atoms. The Morgan fingerprint density at radius 1 is 1.07 bits per heavy atom. The molecule has 1 heterocycles. The number of fused-ring (bicyclic) bond motifs is 1. The lowest BCUT2D eigenvalue weighted by atomic mass is 9.99. The van der Waals surface area contributed by atoms with E-state index in [1.54, 1.807) is 25.2 Å². The summed E-state index contributed by atoms with van der Waals surface area (Å²) < 4.78 is 15.8. The number of hydrogen-bond donors (Lipinski definition) is 0. The highest BCUT2D eigenvalue weighted by atomic mass is 16.5. The zero-order valence-electron chi connectivity index (χ0n) is 16.9. The van der Waals surface area contributed by atoms with E-state index in [2.05, 4.69) is 0 Å². The van der Waals surface area contributed by atoms with Crippen molar-refractivity contribution < 1.29 is 23.8 Å². The van der Waals surface area contributed by atoms with Crippen molar-refractivity contribution in [3.05, 3.63) is 64.7 Å². The summed E-state index contributed by atoms with van der Waals surface area (Å²) in [6.07, 6.45) is 3.73. The molecule has 1 aliphatic rings. The number of aryl methyl sites for hydroxylation is 1. The summed E-state index contributed by atoms with van der Waals surface area (Å²) in [7, 11) is 3.18. The van der Waals surface area contributed by atoms with Crippen LogP contribution in [-0.2, 0) is 27.3 Å². The molecule has 1 amide bonds. The van der Waals surface area contributed by atoms with Gasteiger partial charge in [-0.1, -0.05) is 29.8 Å². The molecule has 0 aromatic heterocycles. The third-order valence-corrected chi connectivity index (χ3v) is 4.86. The van der Waals surface area contributed by atoms with Crippen LogP contribution in [0.4, 0.5) is 0 Å². The molecule has 0 unspecified atom stereocenters. The average molecular weight is 395 g/mol. The highest BCUT2D eigenvalue weighted by Gasteiger charge is 2.23. The Hall–Kier alpha value is -3.28. The second-order valence-corrected chi connectivity index (χ2v) is 6.90. The first kappa shape index (κ1) is 20.5. The lowest BCUT2D eigenvalue weighted by molar-refractivity contribution is -0.148. The van der Waals surface area contributed by atoms with Gasteiger partial charge < -0.3 is 19.1 Å². The maximum atomic E-state index is 12.5. The molecule has 6 heteroatoms. The summed E-state index contributed by atoms with van der Waals surface area (Å²) in [5.74, 6) is 0.556. The summed E-state index contributed by atoms with van der Waals surface area (Å²) in [5, 5.41) is 0. The lowest BCUT2D eigenvalue weighted by Crippen LogP contribution is -2.38. The quantitative estimate of drug-likeness (QED) is 0.555. The van der Waals surface area contributed by atoms with Crippen LogP contribution in [0.3, 0.4) is 0 Å². The summed E-state index contributed by atoms with van der Waals surface area (Å²) in [6.45, 7) is 2.72. The van der Waals surface area contributed by atoms with Crippen molar-refractivity contribution in [3.63, 3.8) is 0 Å². The van der Waals surface area contributed by atoms with E-state index in [0.717, 1.165) is 22.3 Å². The fraction of sp³-hybridized carbons (Fsp3) is 0.304. The van der Waals surface area contributed by atoms with Crippen LogP contribution in [0.25, 0.3) is 6.08 Å². The number of rotatable bonds is 6. The van der Waals surface area contributed by atoms with Gasteiger partial charge in [-0.2, -0.15) is 0 Å². The summed E-state index contributed by atoms with van der Waals surface area (Å²) in [4.78, 5) is 26.1. The molecule has 152 valence electrons. The molecule has 0 N–H and O–H groups in total. The van der Waals surface area contributed by atoms with Gasteiger partial charge in [-0.05, 0) is 48.2 Å². The molecule has 0 atom stereocenters. The molecule has 3 rings (SSSR count). The van der Waals surface area contributed by atoms with Crippen LogP contribution >= 0.6 is 0 Å². The minimum absolute atomic E-state index is 0.220. The SMILES string of the molecule is COc1cc2c(cc1OC)CN(C(=O)COC(=O)/C=C/c1cccc(C)c1)CC2. The molecular weight excluding hydrogens is 370 g/mol. The van der Waals surface area contributed by atoms with Gasteiger partial charge in [-0.3, -0.25) is 4.79 Å². The van der Waals surface area contributed by atoms with Crippen LogP contribution in [0.2, 0.25) is 0 Å². The van der Waals surface area contributed by atoms with Crippen LogP contribution in [-0.4, -0.2) is 44.1 Å². The second-order valence-electron chi connectivity index (χ2n) is 6.90. The zero-order chi connectivity index (χ0) is 20.8. The van der Waals surface area contributed by atoms with Crippen LogP contribution < -0.4 is 9.47 Å². The van der Waals surface area contributed by atoms with Crippen LogP contribution in [0, 0.1) is 6.92 Å². The average Bonchev–Trinajstić information content (AvgIpc) is 2.74. The van der Waals surface area contributed by atoms with E-state index in [9.17, 15) is 9.59 Å². The van der Waals surface area contributed by atoms with E-state index in [1.165, 1.54) is 6.08 Å². The molecule has 2 aromatic carbocycles. The van der Waals surface area contributed by atoms with E-state index in [0.29, 0.717) is 31.0 Å². The number of ether oxygens (including phenoxy) is 3. The smallest absolute Gasteiger partial charge is 0.331 e. The molecular formula is C23H25NO5. The number of esters is 1. The Labute approximate surface area is 170 Å². The van der Waals surface area contributed by atoms with Crippen molar-refractivity contribution in [3.8, 4) is 11.5 Å². The van der Waals surface area contributed by atoms with Gasteiger partial charge in [0.1, 0.15) is 0 Å². The van der Waals surface area contributed by atoms with Crippen LogP contribution in [0.15, 0.2) is 42.5 Å². The van der Waals surface area contributed by atoms with Gasteiger partial charge in [-0.25, -0.2) is 4.79 Å². The molecule has 0 spiro atoms. The highest BCUT2D eigenvalue weighted by Crippen LogP contribution is 2.33. The van der Waals surface area contributed by atoms with E-state index in [-0.39, 0.29) is 12.5 Å². The van der Waals surface area contributed by atoms with Gasteiger partial charge in [0.25, 0.3) is 5.91 Å². The number of methoxy groups -OCH3 is 2. The maximum absolute atomic E-state index is 12.5. The number of amides is 1. The molecule has 0 saturated heterocycles. The molecule has 1 aliphatic heterocycles. The minimum Gasteiger partial charge on any atom is -0.493 e. The van der Waals surface area contributed by atoms with Crippen molar-refractivity contribution in [2.24, 2.45) is 0 Å². The Morgan fingerprint density at radius 2 is 1.79 bits per heavy atom. The first-order valence-corrected chi connectivity index (χ1v) is 9.43. The van der Waals surface area contributed by atoms with Crippen molar-refractivity contribution >= 4 is 18.0 Å². The fourth-order valence-electron chi connectivity index (χ4n) is 3.31. The second kappa shape index (κ2) is 9.28. The van der Waals surface area contributed by atoms with Gasteiger partial charge in [0.2, 0.25) is 0 Å². The van der Waals surface area contributed by atoms with E-state index >= 15 is 0 Å². The molecule has 0 aliphatic carbocycles. The summed E-state index contributed by atoms with van der Waals surface area (Å²) in [5.41, 5.74) is 4.15. The Morgan fingerprint density at radius 3 is 2.48 bits per heavy atom. The zero-order valence-corrected chi connectivity index (χ0v) is 16.9. The van der Waals surface area contributed by atoms with Crippen molar-refractivity contribution in [2.75, 3.05) is 27.4 Å². The predicted molar refractivity (Wildman–Crippen MR) is 110 cm³/mol. The van der Waals surface area contributed by atoms with Gasteiger partial charge in [0, 0.05) is 19.2 Å². The topological polar surface area (TPSA) is 65.1 Å². The molecule has 0 radical (unpaired) electrons. The predicted octanol–water partition coefficient (Wildman–Crippen LogP) is 3.15. The largest absolute Gasteiger partial charge is 0.493 e. The molecule has 6 nitrogen and oxygen atoms in total. The van der Waals surface area contributed by atoms with Gasteiger partial charge in [0.15, 0.2) is 18.1 Å². The number of nitrogens with zero attached hydrogens (tertiary/aromatic N) is 1. The Bertz CT molecular complexity index is 935. The maximum Gasteiger partial charge on any atom is 0.331 e. The standard InChI is InChI=1S/C23H25NO5/c1-16-5-4-6-17(11-16)7-8-23(26)29-15-22(25)24-10-9-18-12-20(27-2)21(28-3)13-19(18)14-24/h4-8,11-13H,9-10,14-15H2,1-3H3/b8-7+. The first-order valence-electron chi connectivity index (χ1n) is 9.43. The Kier molecular flexibility index (Phi) is 6.54. The number of carbonyl (C=O) groups is 2. The van der Waals surface area contributed by atoms with E-state index < -0.39 is 5.97 Å². The van der Waals surface area contributed by atoms with Gasteiger partial charge in [0.05, 0.1) is 14.2 Å². The molecule has 0 saturated carbocycles. The van der Waals surface area contributed by atoms with Crippen molar-refractivity contribution in [2.45, 2.75) is 19.9 Å². The minimum atomic E-state index is -0.538. The fourth-order valence-corrected chi connectivity index (χ4v) is 3.31. The first-order chi connectivity index (χ1) is 14.0. The van der Waals surface area contributed by atoms with Gasteiger partial charge >= 0.3 is 5.97 Å². The van der Waals surface area contributed by atoms with Crippen LogP contribution in [0.1, 0.15) is 22.3 Å².